The first kappa shape index (κ1) is 12.7. The molecule has 1 aromatic heterocycles. The first-order chi connectivity index (χ1) is 8.61. The molecule has 18 heavy (non-hydrogen) atoms. The predicted molar refractivity (Wildman–Crippen MR) is 69.8 cm³/mol. The highest BCUT2D eigenvalue weighted by atomic mass is 35.5. The molecule has 6 heteroatoms. The molecule has 0 fully saturated rings. The first-order valence-corrected chi connectivity index (χ1v) is 6.07. The van der Waals surface area contributed by atoms with Crippen molar-refractivity contribution in [2.45, 2.75) is 25.1 Å². The molecule has 1 aromatic carbocycles. The summed E-state index contributed by atoms with van der Waals surface area (Å²) in [6, 6.07) is 4.58. The molecule has 0 saturated carbocycles. The van der Waals surface area contributed by atoms with Crippen molar-refractivity contribution in [3.05, 3.63) is 40.3 Å². The molecule has 0 amide bonds. The summed E-state index contributed by atoms with van der Waals surface area (Å²) >= 11 is 6.11. The van der Waals surface area contributed by atoms with Crippen LogP contribution in [0.25, 0.3) is 10.9 Å². The molecule has 1 unspecified atom stereocenters. The molecule has 5 nitrogen and oxygen atoms in total. The van der Waals surface area contributed by atoms with E-state index in [0.717, 1.165) is 12.1 Å². The highest BCUT2D eigenvalue weighted by Gasteiger charge is 2.12. The lowest BCUT2D eigenvalue weighted by Crippen LogP contribution is -2.04. The summed E-state index contributed by atoms with van der Waals surface area (Å²) in [5.41, 5.74) is 1.50. The summed E-state index contributed by atoms with van der Waals surface area (Å²) in [6.07, 6.45) is 2.86. The number of nitro benzene ring substituents is 1. The Balaban J connectivity index is 2.51. The Bertz CT molecular complexity index is 589. The molecule has 0 aliphatic heterocycles. The molecule has 1 atom stereocenters. The van der Waals surface area contributed by atoms with Crippen molar-refractivity contribution in [3.63, 3.8) is 0 Å². The third-order valence-corrected chi connectivity index (χ3v) is 3.23. The van der Waals surface area contributed by atoms with Crippen LogP contribution in [0.4, 0.5) is 5.69 Å². The molecule has 94 valence electrons. The zero-order chi connectivity index (χ0) is 13.1. The number of halogens is 1. The molecule has 0 bridgehead atoms. The van der Waals surface area contributed by atoms with Gasteiger partial charge in [0.15, 0.2) is 0 Å². The van der Waals surface area contributed by atoms with Crippen LogP contribution in [-0.4, -0.2) is 20.3 Å². The number of aromatic nitrogens is 2. The second-order valence-corrected chi connectivity index (χ2v) is 4.61. The number of hydrogen-bond donors (Lipinski definition) is 0. The van der Waals surface area contributed by atoms with E-state index in [1.807, 2.05) is 6.92 Å². The highest BCUT2D eigenvalue weighted by Crippen LogP contribution is 2.23. The van der Waals surface area contributed by atoms with Gasteiger partial charge in [0, 0.05) is 29.3 Å². The summed E-state index contributed by atoms with van der Waals surface area (Å²) in [5.74, 6) is 0. The molecule has 0 saturated heterocycles. The van der Waals surface area contributed by atoms with E-state index >= 15 is 0 Å². The van der Waals surface area contributed by atoms with E-state index in [0.29, 0.717) is 17.3 Å². The van der Waals surface area contributed by atoms with Gasteiger partial charge in [0.05, 0.1) is 16.1 Å². The average Bonchev–Trinajstić information content (AvgIpc) is 2.38. The molecule has 1 heterocycles. The average molecular weight is 266 g/mol. The van der Waals surface area contributed by atoms with Crippen molar-refractivity contribution in [1.82, 2.24) is 9.97 Å². The Labute approximate surface area is 109 Å². The van der Waals surface area contributed by atoms with Crippen molar-refractivity contribution in [2.75, 3.05) is 0 Å². The van der Waals surface area contributed by atoms with Gasteiger partial charge in [0.25, 0.3) is 5.69 Å². The summed E-state index contributed by atoms with van der Waals surface area (Å²) < 4.78 is 0. The minimum absolute atomic E-state index is 0.0256. The van der Waals surface area contributed by atoms with Crippen LogP contribution in [0.2, 0.25) is 0 Å². The number of benzene rings is 1. The van der Waals surface area contributed by atoms with Gasteiger partial charge in [-0.3, -0.25) is 10.1 Å². The molecule has 0 spiro atoms. The van der Waals surface area contributed by atoms with Crippen LogP contribution in [0.15, 0.2) is 24.5 Å². The zero-order valence-corrected chi connectivity index (χ0v) is 10.6. The van der Waals surface area contributed by atoms with Crippen molar-refractivity contribution >= 4 is 28.2 Å². The molecule has 2 aromatic rings. The lowest BCUT2D eigenvalue weighted by atomic mass is 10.1. The van der Waals surface area contributed by atoms with Gasteiger partial charge in [0.1, 0.15) is 6.33 Å². The third kappa shape index (κ3) is 2.56. The number of non-ortho nitro benzene ring substituents is 1. The highest BCUT2D eigenvalue weighted by molar-refractivity contribution is 6.20. The van der Waals surface area contributed by atoms with E-state index in [-0.39, 0.29) is 11.1 Å². The van der Waals surface area contributed by atoms with E-state index < -0.39 is 4.92 Å². The van der Waals surface area contributed by atoms with E-state index in [4.69, 9.17) is 11.6 Å². The fraction of sp³-hybridized carbons (Fsp3) is 0.333. The van der Waals surface area contributed by atoms with Crippen LogP contribution in [0.5, 0.6) is 0 Å². The van der Waals surface area contributed by atoms with Crippen molar-refractivity contribution in [1.29, 1.82) is 0 Å². The van der Waals surface area contributed by atoms with Crippen LogP contribution in [-0.2, 0) is 6.42 Å². The maximum absolute atomic E-state index is 10.8. The van der Waals surface area contributed by atoms with Crippen molar-refractivity contribution in [3.8, 4) is 0 Å². The Morgan fingerprint density at radius 2 is 2.22 bits per heavy atom. The van der Waals surface area contributed by atoms with Gasteiger partial charge in [0.2, 0.25) is 0 Å². The first-order valence-electron chi connectivity index (χ1n) is 5.64. The van der Waals surface area contributed by atoms with Crippen LogP contribution in [0, 0.1) is 10.1 Å². The van der Waals surface area contributed by atoms with E-state index in [1.54, 1.807) is 6.07 Å². The molecular formula is C12H12ClN3O2. The monoisotopic (exact) mass is 265 g/mol. The Morgan fingerprint density at radius 3 is 2.89 bits per heavy atom. The number of rotatable bonds is 4. The van der Waals surface area contributed by atoms with Gasteiger partial charge in [-0.15, -0.1) is 11.6 Å². The molecule has 0 radical (unpaired) electrons. The predicted octanol–water partition coefficient (Wildman–Crippen LogP) is 3.10. The van der Waals surface area contributed by atoms with Gasteiger partial charge in [-0.2, -0.15) is 0 Å². The number of fused-ring (bicyclic) bond motifs is 1. The van der Waals surface area contributed by atoms with Gasteiger partial charge in [-0.1, -0.05) is 6.92 Å². The lowest BCUT2D eigenvalue weighted by molar-refractivity contribution is -0.384. The second kappa shape index (κ2) is 5.27. The zero-order valence-electron chi connectivity index (χ0n) is 9.84. The maximum atomic E-state index is 10.8. The minimum Gasteiger partial charge on any atom is -0.258 e. The maximum Gasteiger partial charge on any atom is 0.270 e. The van der Waals surface area contributed by atoms with Crippen LogP contribution in [0.3, 0.4) is 0 Å². The van der Waals surface area contributed by atoms with Gasteiger partial charge in [-0.25, -0.2) is 9.97 Å². The molecule has 0 aliphatic carbocycles. The van der Waals surface area contributed by atoms with E-state index in [9.17, 15) is 10.1 Å². The third-order valence-electron chi connectivity index (χ3n) is 2.77. The normalized spacial score (nSPS) is 12.6. The van der Waals surface area contributed by atoms with Crippen LogP contribution in [0.1, 0.15) is 19.0 Å². The summed E-state index contributed by atoms with van der Waals surface area (Å²) in [6.45, 7) is 1.99. The SMILES string of the molecule is CCC(Cl)Cc1ncnc2ccc([N+](=O)[O-])cc12. The van der Waals surface area contributed by atoms with Crippen molar-refractivity contribution in [2.24, 2.45) is 0 Å². The second-order valence-electron chi connectivity index (χ2n) is 3.99. The smallest absolute Gasteiger partial charge is 0.258 e. The number of nitro groups is 1. The fourth-order valence-corrected chi connectivity index (χ4v) is 1.87. The topological polar surface area (TPSA) is 68.9 Å². The molecule has 2 rings (SSSR count). The number of hydrogen-bond acceptors (Lipinski definition) is 4. The minimum atomic E-state index is -0.422. The van der Waals surface area contributed by atoms with E-state index in [2.05, 4.69) is 9.97 Å². The molecule has 0 aliphatic rings. The Morgan fingerprint density at radius 1 is 1.44 bits per heavy atom. The quantitative estimate of drug-likeness (QED) is 0.484. The van der Waals surface area contributed by atoms with Gasteiger partial charge >= 0.3 is 0 Å². The summed E-state index contributed by atoms with van der Waals surface area (Å²) in [5, 5.41) is 11.4. The lowest BCUT2D eigenvalue weighted by Gasteiger charge is -2.08. The Kier molecular flexibility index (Phi) is 3.72. The largest absolute Gasteiger partial charge is 0.270 e. The van der Waals surface area contributed by atoms with Crippen LogP contribution < -0.4 is 0 Å². The molecular weight excluding hydrogens is 254 g/mol. The number of alkyl halides is 1. The van der Waals surface area contributed by atoms with Gasteiger partial charge < -0.3 is 0 Å². The standard InChI is InChI=1S/C12H12ClN3O2/c1-2-8(13)5-12-10-6-9(16(17)18)3-4-11(10)14-7-15-12/h3-4,6-8H,2,5H2,1H3. The fourth-order valence-electron chi connectivity index (χ4n) is 1.73. The number of nitrogens with zero attached hydrogens (tertiary/aromatic N) is 3. The van der Waals surface area contributed by atoms with Gasteiger partial charge in [-0.05, 0) is 12.5 Å². The summed E-state index contributed by atoms with van der Waals surface area (Å²) in [4.78, 5) is 18.6. The van der Waals surface area contributed by atoms with E-state index in [1.165, 1.54) is 18.5 Å². The van der Waals surface area contributed by atoms with Crippen molar-refractivity contribution < 1.29 is 4.92 Å². The Hall–Kier alpha value is -1.75. The summed E-state index contributed by atoms with van der Waals surface area (Å²) in [7, 11) is 0. The van der Waals surface area contributed by atoms with Crippen LogP contribution >= 0.6 is 11.6 Å². The molecule has 0 N–H and O–H groups in total.